The van der Waals surface area contributed by atoms with Crippen LogP contribution in [0.3, 0.4) is 0 Å². The van der Waals surface area contributed by atoms with Gasteiger partial charge in [0.1, 0.15) is 0 Å². The van der Waals surface area contributed by atoms with E-state index in [0.29, 0.717) is 5.57 Å². The maximum atomic E-state index is 10.9. The zero-order valence-corrected chi connectivity index (χ0v) is 13.0. The average molecular weight is 288 g/mol. The first-order valence-electron chi connectivity index (χ1n) is 3.63. The summed E-state index contributed by atoms with van der Waals surface area (Å²) in [7, 11) is 0. The van der Waals surface area contributed by atoms with Gasteiger partial charge in [-0.3, -0.25) is 0 Å². The Bertz CT molecular complexity index is 146. The van der Waals surface area contributed by atoms with Crippen molar-refractivity contribution in [2.45, 2.75) is 40.2 Å². The van der Waals surface area contributed by atoms with Gasteiger partial charge in [0, 0.05) is 5.60 Å². The number of allylic oxidation sites excluding steroid dienone is 1. The van der Waals surface area contributed by atoms with Crippen LogP contribution in [-0.2, 0) is 21.1 Å². The Morgan fingerprint density at radius 1 is 1.25 bits per heavy atom. The van der Waals surface area contributed by atoms with Crippen LogP contribution >= 0.6 is 13.6 Å². The molecule has 0 aromatic heterocycles. The molecule has 0 unspecified atom stereocenters. The van der Waals surface area contributed by atoms with Crippen LogP contribution in [0.2, 0.25) is 0 Å². The molecule has 0 heterocycles. The quantitative estimate of drug-likeness (QED) is 0.547. The summed E-state index contributed by atoms with van der Waals surface area (Å²) in [6.45, 7) is 9.05. The van der Waals surface area contributed by atoms with Gasteiger partial charge < -0.3 is 9.84 Å². The van der Waals surface area contributed by atoms with E-state index in [1.54, 1.807) is 13.8 Å². The van der Waals surface area contributed by atoms with Crippen LogP contribution in [0.25, 0.3) is 0 Å². The van der Waals surface area contributed by atoms with E-state index in [4.69, 9.17) is 4.74 Å². The second-order valence-electron chi connectivity index (χ2n) is 3.50. The second kappa shape index (κ2) is 6.91. The van der Waals surface area contributed by atoms with E-state index in [-0.39, 0.29) is 11.5 Å². The van der Waals surface area contributed by atoms with Gasteiger partial charge in [0.15, 0.2) is 0 Å². The molecule has 0 aliphatic rings. The van der Waals surface area contributed by atoms with Crippen LogP contribution in [0.5, 0.6) is 0 Å². The molecule has 12 heavy (non-hydrogen) atoms. The third kappa shape index (κ3) is 10.4. The number of hydrogen-bond acceptors (Lipinski definition) is 2. The van der Waals surface area contributed by atoms with Gasteiger partial charge in [0.25, 0.3) is 0 Å². The Hall–Kier alpha value is 0.443. The van der Waals surface area contributed by atoms with Gasteiger partial charge in [0.2, 0.25) is 0 Å². The Kier molecular flexibility index (Phi) is 8.60. The molecule has 0 saturated heterocycles. The third-order valence-electron chi connectivity index (χ3n) is 0.807. The summed E-state index contributed by atoms with van der Waals surface area (Å²) in [5.41, 5.74) is 0.323. The summed E-state index contributed by atoms with van der Waals surface area (Å²) >= 11 is 4.25. The van der Waals surface area contributed by atoms with Crippen molar-refractivity contribution in [2.75, 3.05) is 0 Å². The van der Waals surface area contributed by atoms with E-state index in [1.165, 1.54) is 16.3 Å². The van der Waals surface area contributed by atoms with Crippen LogP contribution < -0.4 is 5.11 Å². The Balaban J connectivity index is 0. The van der Waals surface area contributed by atoms with Crippen molar-refractivity contribution in [1.82, 2.24) is 0 Å². The van der Waals surface area contributed by atoms with E-state index in [1.807, 2.05) is 20.8 Å². The molecule has 0 N–H and O–H groups in total. The molecule has 0 aromatic carbocycles. The first-order chi connectivity index (χ1) is 5.33. The number of halogens is 1. The third-order valence-corrected chi connectivity index (χ3v) is 0.807. The van der Waals surface area contributed by atoms with Crippen LogP contribution in [-0.4, -0.2) is 5.60 Å². The Morgan fingerprint density at radius 2 is 1.58 bits per heavy atom. The molecule has 0 radical (unpaired) electrons. The van der Waals surface area contributed by atoms with Gasteiger partial charge in [-0.2, -0.15) is 0 Å². The molecule has 0 spiro atoms. The van der Waals surface area contributed by atoms with Crippen molar-refractivity contribution >= 4 is 13.6 Å². The fourth-order valence-corrected chi connectivity index (χ4v) is 0.380. The van der Waals surface area contributed by atoms with Crippen LogP contribution in [0, 0.1) is 0 Å². The van der Waals surface area contributed by atoms with Gasteiger partial charge in [-0.15, -0.1) is 0 Å². The number of ether oxygens (including phenoxy) is 1. The molecular formula is C8H15BrO2Zn. The van der Waals surface area contributed by atoms with Gasteiger partial charge >= 0.3 is 30.0 Å². The van der Waals surface area contributed by atoms with Gasteiger partial charge in [-0.05, 0) is 13.8 Å². The first-order valence-corrected chi connectivity index (χ1v) is 10.6. The van der Waals surface area contributed by atoms with Crippen molar-refractivity contribution in [2.24, 2.45) is 0 Å². The molecule has 0 fully saturated rings. The normalized spacial score (nSPS) is 9.67. The van der Waals surface area contributed by atoms with E-state index in [0.717, 1.165) is 0 Å². The molecule has 0 bridgehead atoms. The maximum absolute atomic E-state index is 10.9. The average Bonchev–Trinajstić information content (AvgIpc) is 1.88. The molecule has 0 aliphatic carbocycles. The summed E-state index contributed by atoms with van der Waals surface area (Å²) in [4.78, 5) is 0. The SMILES string of the molecule is CC(C)=C([O-])OC(C)(C)C.[Zn+][Br]. The van der Waals surface area contributed by atoms with E-state index >= 15 is 0 Å². The molecule has 68 valence electrons. The summed E-state index contributed by atoms with van der Waals surface area (Å²) in [6.07, 6.45) is 0. The number of hydrogen-bond donors (Lipinski definition) is 0. The van der Waals surface area contributed by atoms with Crippen LogP contribution in [0.1, 0.15) is 34.6 Å². The zero-order chi connectivity index (χ0) is 10.4. The van der Waals surface area contributed by atoms with E-state index in [9.17, 15) is 5.11 Å². The summed E-state index contributed by atoms with van der Waals surface area (Å²) in [5.74, 6) is -0.215. The van der Waals surface area contributed by atoms with Gasteiger partial charge in [0.05, 0.1) is 5.95 Å². The molecule has 0 aliphatic heterocycles. The van der Waals surface area contributed by atoms with Gasteiger partial charge in [-0.25, -0.2) is 0 Å². The molecule has 0 rings (SSSR count). The summed E-state index contributed by atoms with van der Waals surface area (Å²) in [6, 6.07) is 0. The molecule has 0 saturated carbocycles. The predicted octanol–water partition coefficient (Wildman–Crippen LogP) is 2.26. The number of rotatable bonds is 1. The Morgan fingerprint density at radius 3 is 1.67 bits per heavy atom. The van der Waals surface area contributed by atoms with Crippen molar-refractivity contribution in [3.63, 3.8) is 0 Å². The predicted molar refractivity (Wildman–Crippen MR) is 48.1 cm³/mol. The van der Waals surface area contributed by atoms with Crippen molar-refractivity contribution in [1.29, 1.82) is 0 Å². The van der Waals surface area contributed by atoms with Crippen LogP contribution in [0.15, 0.2) is 11.5 Å². The molecule has 0 aromatic rings. The minimum absolute atomic E-state index is 0.215. The minimum atomic E-state index is -0.367. The Labute approximate surface area is 91.4 Å². The summed E-state index contributed by atoms with van der Waals surface area (Å²) < 4.78 is 5.02. The van der Waals surface area contributed by atoms with Crippen molar-refractivity contribution < 1.29 is 26.2 Å². The first kappa shape index (κ1) is 14.9. The zero-order valence-electron chi connectivity index (χ0n) is 8.40. The molecular weight excluding hydrogens is 273 g/mol. The molecule has 2 nitrogen and oxygen atoms in total. The topological polar surface area (TPSA) is 32.3 Å². The fourth-order valence-electron chi connectivity index (χ4n) is 0.380. The molecule has 0 atom stereocenters. The van der Waals surface area contributed by atoms with Crippen molar-refractivity contribution in [3.8, 4) is 0 Å². The molecule has 4 heteroatoms. The summed E-state index contributed by atoms with van der Waals surface area (Å²) in [5, 5.41) is 10.9. The van der Waals surface area contributed by atoms with Crippen LogP contribution in [0.4, 0.5) is 0 Å². The molecule has 0 amide bonds. The standard InChI is InChI=1S/C8H16O2.BrH.Zn/c1-6(2)7(9)10-8(3,4)5;;/h9H,1-5H3;1H;/q;;+2/p-2. The second-order valence-corrected chi connectivity index (χ2v) is 3.50. The van der Waals surface area contributed by atoms with E-state index < -0.39 is 0 Å². The monoisotopic (exact) mass is 286 g/mol. The van der Waals surface area contributed by atoms with Gasteiger partial charge in [-0.1, -0.05) is 26.3 Å². The fraction of sp³-hybridized carbons (Fsp3) is 0.750. The van der Waals surface area contributed by atoms with E-state index in [2.05, 4.69) is 13.6 Å². The van der Waals surface area contributed by atoms with Crippen molar-refractivity contribution in [3.05, 3.63) is 11.5 Å².